The molecule has 0 unspecified atom stereocenters. The fourth-order valence-electron chi connectivity index (χ4n) is 1.45. The molecule has 0 spiro atoms. The first-order valence-electron chi connectivity index (χ1n) is 4.77. The monoisotopic (exact) mass is 220 g/mol. The van der Waals surface area contributed by atoms with Crippen LogP contribution < -0.4 is 0 Å². The highest BCUT2D eigenvalue weighted by Crippen LogP contribution is 2.21. The Morgan fingerprint density at radius 3 is 2.31 bits per heavy atom. The maximum Gasteiger partial charge on any atom is 0.257 e. The second kappa shape index (κ2) is 4.87. The summed E-state index contributed by atoms with van der Waals surface area (Å²) in [6.07, 6.45) is 1.02. The number of hydrogen-bond acceptors (Lipinski definition) is 5. The molecule has 0 saturated heterocycles. The van der Waals surface area contributed by atoms with Crippen LogP contribution in [0.4, 0.5) is 0 Å². The van der Waals surface area contributed by atoms with Gasteiger partial charge in [-0.05, 0) is 12.1 Å². The summed E-state index contributed by atoms with van der Waals surface area (Å²) in [4.78, 5) is 3.96. The zero-order valence-corrected chi connectivity index (χ0v) is 9.08. The van der Waals surface area contributed by atoms with Crippen LogP contribution in [-0.2, 0) is 9.47 Å². The van der Waals surface area contributed by atoms with E-state index in [0.29, 0.717) is 5.89 Å². The SMILES string of the molecule is COC(OC)c1ccc(-c2ncno2)cc1. The molecule has 2 aromatic rings. The third kappa shape index (κ3) is 2.10. The molecule has 2 rings (SSSR count). The van der Waals surface area contributed by atoms with Crippen molar-refractivity contribution in [2.24, 2.45) is 0 Å². The van der Waals surface area contributed by atoms with Crippen LogP contribution in [0.3, 0.4) is 0 Å². The third-order valence-corrected chi connectivity index (χ3v) is 2.22. The fraction of sp³-hybridized carbons (Fsp3) is 0.273. The van der Waals surface area contributed by atoms with Crippen LogP contribution >= 0.6 is 0 Å². The minimum Gasteiger partial charge on any atom is -0.352 e. The number of nitrogens with zero attached hydrogens (tertiary/aromatic N) is 2. The summed E-state index contributed by atoms with van der Waals surface area (Å²) in [5.41, 5.74) is 1.81. The minimum absolute atomic E-state index is 0.350. The largest absolute Gasteiger partial charge is 0.352 e. The number of methoxy groups -OCH3 is 2. The molecule has 5 heteroatoms. The van der Waals surface area contributed by atoms with Crippen molar-refractivity contribution >= 4 is 0 Å². The van der Waals surface area contributed by atoms with Gasteiger partial charge in [0.05, 0.1) is 0 Å². The van der Waals surface area contributed by atoms with Crippen molar-refractivity contribution in [2.45, 2.75) is 6.29 Å². The summed E-state index contributed by atoms with van der Waals surface area (Å²) in [6, 6.07) is 7.57. The van der Waals surface area contributed by atoms with E-state index in [2.05, 4.69) is 10.1 Å². The number of benzene rings is 1. The molecule has 0 saturated carbocycles. The van der Waals surface area contributed by atoms with Crippen LogP contribution in [0.25, 0.3) is 11.5 Å². The Kier molecular flexibility index (Phi) is 3.28. The van der Waals surface area contributed by atoms with Gasteiger partial charge in [-0.25, -0.2) is 0 Å². The minimum atomic E-state index is -0.350. The van der Waals surface area contributed by atoms with E-state index in [1.54, 1.807) is 14.2 Å². The Labute approximate surface area is 93.0 Å². The van der Waals surface area contributed by atoms with Gasteiger partial charge in [0.1, 0.15) is 0 Å². The first kappa shape index (κ1) is 10.8. The maximum absolute atomic E-state index is 5.14. The van der Waals surface area contributed by atoms with Gasteiger partial charge in [-0.15, -0.1) is 0 Å². The van der Waals surface area contributed by atoms with Gasteiger partial charge in [0.2, 0.25) is 0 Å². The summed E-state index contributed by atoms with van der Waals surface area (Å²) in [5.74, 6) is 0.498. The molecule has 0 N–H and O–H groups in total. The quantitative estimate of drug-likeness (QED) is 0.738. The van der Waals surface area contributed by atoms with Gasteiger partial charge in [-0.2, -0.15) is 4.98 Å². The van der Waals surface area contributed by atoms with Gasteiger partial charge in [0.25, 0.3) is 5.89 Å². The van der Waals surface area contributed by atoms with Gasteiger partial charge in [0.15, 0.2) is 12.6 Å². The Balaban J connectivity index is 2.22. The van der Waals surface area contributed by atoms with E-state index in [4.69, 9.17) is 14.0 Å². The van der Waals surface area contributed by atoms with Crippen molar-refractivity contribution in [2.75, 3.05) is 14.2 Å². The molecule has 1 heterocycles. The number of ether oxygens (including phenoxy) is 2. The molecule has 0 fully saturated rings. The third-order valence-electron chi connectivity index (χ3n) is 2.22. The Morgan fingerprint density at radius 2 is 1.81 bits per heavy atom. The molecule has 0 radical (unpaired) electrons. The molecule has 0 amide bonds. The molecular formula is C11H12N2O3. The summed E-state index contributed by atoms with van der Waals surface area (Å²) in [5, 5.41) is 3.55. The Hall–Kier alpha value is -1.72. The smallest absolute Gasteiger partial charge is 0.257 e. The molecule has 5 nitrogen and oxygen atoms in total. The second-order valence-corrected chi connectivity index (χ2v) is 3.17. The first-order valence-corrected chi connectivity index (χ1v) is 4.77. The van der Waals surface area contributed by atoms with Crippen molar-refractivity contribution in [3.05, 3.63) is 36.2 Å². The highest BCUT2D eigenvalue weighted by molar-refractivity contribution is 5.52. The molecule has 0 aliphatic rings. The number of hydrogen-bond donors (Lipinski definition) is 0. The van der Waals surface area contributed by atoms with E-state index in [0.717, 1.165) is 11.1 Å². The molecule has 0 aliphatic carbocycles. The van der Waals surface area contributed by atoms with E-state index in [1.165, 1.54) is 6.33 Å². The zero-order valence-electron chi connectivity index (χ0n) is 9.08. The lowest BCUT2D eigenvalue weighted by Crippen LogP contribution is -2.03. The van der Waals surface area contributed by atoms with Crippen LogP contribution in [0, 0.1) is 0 Å². The highest BCUT2D eigenvalue weighted by Gasteiger charge is 2.09. The lowest BCUT2D eigenvalue weighted by atomic mass is 10.1. The molecule has 0 bridgehead atoms. The average molecular weight is 220 g/mol. The van der Waals surface area contributed by atoms with Gasteiger partial charge in [-0.3, -0.25) is 0 Å². The molecule has 84 valence electrons. The van der Waals surface area contributed by atoms with Crippen molar-refractivity contribution < 1.29 is 14.0 Å². The topological polar surface area (TPSA) is 57.4 Å². The van der Waals surface area contributed by atoms with E-state index >= 15 is 0 Å². The van der Waals surface area contributed by atoms with E-state index in [9.17, 15) is 0 Å². The van der Waals surface area contributed by atoms with Crippen molar-refractivity contribution in [3.8, 4) is 11.5 Å². The van der Waals surface area contributed by atoms with Crippen molar-refractivity contribution in [1.82, 2.24) is 10.1 Å². The molecular weight excluding hydrogens is 208 g/mol. The predicted octanol–water partition coefficient (Wildman–Crippen LogP) is 2.03. The van der Waals surface area contributed by atoms with Crippen molar-refractivity contribution in [3.63, 3.8) is 0 Å². The maximum atomic E-state index is 5.14. The van der Waals surface area contributed by atoms with Crippen LogP contribution in [0.1, 0.15) is 11.9 Å². The van der Waals surface area contributed by atoms with E-state index in [1.807, 2.05) is 24.3 Å². The highest BCUT2D eigenvalue weighted by atomic mass is 16.7. The first-order chi connectivity index (χ1) is 7.85. The Morgan fingerprint density at radius 1 is 1.12 bits per heavy atom. The summed E-state index contributed by atoms with van der Waals surface area (Å²) < 4.78 is 15.2. The molecule has 16 heavy (non-hydrogen) atoms. The van der Waals surface area contributed by atoms with Gasteiger partial charge in [0, 0.05) is 25.3 Å². The number of rotatable bonds is 4. The molecule has 1 aromatic carbocycles. The lowest BCUT2D eigenvalue weighted by Gasteiger charge is -2.13. The lowest BCUT2D eigenvalue weighted by molar-refractivity contribution is -0.106. The van der Waals surface area contributed by atoms with Crippen LogP contribution in [0.5, 0.6) is 0 Å². The summed E-state index contributed by atoms with van der Waals surface area (Å²) in [6.45, 7) is 0. The van der Waals surface area contributed by atoms with Crippen molar-refractivity contribution in [1.29, 1.82) is 0 Å². The Bertz CT molecular complexity index is 421. The number of aromatic nitrogens is 2. The van der Waals surface area contributed by atoms with Gasteiger partial charge in [-0.1, -0.05) is 17.3 Å². The predicted molar refractivity (Wildman–Crippen MR) is 56.5 cm³/mol. The standard InChI is InChI=1S/C11H12N2O3/c1-14-11(15-2)9-5-3-8(4-6-9)10-12-7-13-16-10/h3-7,11H,1-2H3. The van der Waals surface area contributed by atoms with Crippen LogP contribution in [0.15, 0.2) is 35.1 Å². The van der Waals surface area contributed by atoms with E-state index < -0.39 is 0 Å². The molecule has 1 aromatic heterocycles. The summed E-state index contributed by atoms with van der Waals surface area (Å²) >= 11 is 0. The molecule has 0 atom stereocenters. The summed E-state index contributed by atoms with van der Waals surface area (Å²) in [7, 11) is 3.19. The second-order valence-electron chi connectivity index (χ2n) is 3.17. The average Bonchev–Trinajstić information content (AvgIpc) is 2.85. The normalized spacial score (nSPS) is 10.9. The fourth-order valence-corrected chi connectivity index (χ4v) is 1.45. The van der Waals surface area contributed by atoms with Crippen LogP contribution in [0.2, 0.25) is 0 Å². The molecule has 0 aliphatic heterocycles. The van der Waals surface area contributed by atoms with Gasteiger partial charge < -0.3 is 14.0 Å². The van der Waals surface area contributed by atoms with Gasteiger partial charge >= 0.3 is 0 Å². The van der Waals surface area contributed by atoms with Crippen LogP contribution in [-0.4, -0.2) is 24.4 Å². The van der Waals surface area contributed by atoms with E-state index in [-0.39, 0.29) is 6.29 Å². The zero-order chi connectivity index (χ0) is 11.4.